The summed E-state index contributed by atoms with van der Waals surface area (Å²) in [6.45, 7) is 3.30. The smallest absolute Gasteiger partial charge is 0.252 e. The van der Waals surface area contributed by atoms with Gasteiger partial charge in [0.15, 0.2) is 0 Å². The highest BCUT2D eigenvalue weighted by molar-refractivity contribution is 5.39. The molecule has 3 heterocycles. The topological polar surface area (TPSA) is 52.2 Å². The molecule has 3 aliphatic rings. The number of likely N-dealkylation sites (tertiary alicyclic amines) is 1. The Kier molecular flexibility index (Phi) is 3.25. The Morgan fingerprint density at radius 2 is 2.10 bits per heavy atom. The van der Waals surface area contributed by atoms with Crippen LogP contribution in [0.1, 0.15) is 43.8 Å². The van der Waals surface area contributed by atoms with E-state index in [4.69, 9.17) is 4.98 Å². The Hall–Kier alpha value is -1.36. The predicted molar refractivity (Wildman–Crippen MR) is 82.8 cm³/mol. The molecule has 1 saturated carbocycles. The van der Waals surface area contributed by atoms with Crippen molar-refractivity contribution in [1.82, 2.24) is 14.9 Å². The number of aromatic amines is 1. The molecule has 4 rings (SSSR count). The molecule has 1 N–H and O–H groups in total. The minimum absolute atomic E-state index is 0.00443. The molecule has 0 bridgehead atoms. The van der Waals surface area contributed by atoms with Crippen molar-refractivity contribution in [2.75, 3.05) is 31.6 Å². The molecule has 0 amide bonds. The summed E-state index contributed by atoms with van der Waals surface area (Å²) in [6, 6.07) is 2.40. The van der Waals surface area contributed by atoms with Gasteiger partial charge < -0.3 is 14.8 Å². The Balaban J connectivity index is 1.55. The van der Waals surface area contributed by atoms with Crippen molar-refractivity contribution in [3.63, 3.8) is 0 Å². The lowest BCUT2D eigenvalue weighted by atomic mass is 9.84. The summed E-state index contributed by atoms with van der Waals surface area (Å²) >= 11 is 0. The average molecular weight is 288 g/mol. The fraction of sp³-hybridized carbons (Fsp3) is 0.750. The van der Waals surface area contributed by atoms with E-state index in [9.17, 15) is 4.79 Å². The molecule has 1 aromatic rings. The predicted octanol–water partition coefficient (Wildman–Crippen LogP) is 1.57. The Morgan fingerprint density at radius 3 is 2.90 bits per heavy atom. The van der Waals surface area contributed by atoms with Crippen molar-refractivity contribution in [2.45, 2.75) is 44.1 Å². The molecular formula is C16H24N4O. The number of rotatable bonds is 2. The molecule has 0 radical (unpaired) electrons. The number of nitrogens with zero attached hydrogens (tertiary/aromatic N) is 3. The molecule has 0 spiro atoms. The van der Waals surface area contributed by atoms with Crippen LogP contribution in [-0.2, 0) is 0 Å². The van der Waals surface area contributed by atoms with Gasteiger partial charge in [-0.05, 0) is 51.6 Å². The summed E-state index contributed by atoms with van der Waals surface area (Å²) < 4.78 is 0. The van der Waals surface area contributed by atoms with E-state index in [1.165, 1.54) is 38.6 Å². The van der Waals surface area contributed by atoms with Crippen LogP contribution in [-0.4, -0.2) is 47.6 Å². The molecule has 1 aromatic heterocycles. The monoisotopic (exact) mass is 288 g/mol. The zero-order valence-corrected chi connectivity index (χ0v) is 12.7. The zero-order chi connectivity index (χ0) is 14.4. The fourth-order valence-corrected chi connectivity index (χ4v) is 4.04. The maximum atomic E-state index is 11.9. The number of fused-ring (bicyclic) bond motifs is 1. The first-order chi connectivity index (χ1) is 10.2. The minimum atomic E-state index is 0.00443. The number of aromatic nitrogens is 2. The first-order valence-corrected chi connectivity index (χ1v) is 8.27. The normalized spacial score (nSPS) is 30.2. The van der Waals surface area contributed by atoms with Gasteiger partial charge in [-0.2, -0.15) is 0 Å². The van der Waals surface area contributed by atoms with Crippen LogP contribution in [0.5, 0.6) is 0 Å². The van der Waals surface area contributed by atoms with Crippen molar-refractivity contribution in [1.29, 1.82) is 0 Å². The minimum Gasteiger partial charge on any atom is -0.356 e. The Morgan fingerprint density at radius 1 is 1.24 bits per heavy atom. The number of piperidine rings is 2. The SMILES string of the molecule is CN1CCCC2CN(c3cc(=O)[nH]c(C4CC4)n3)CCC21. The third-order valence-electron chi connectivity index (χ3n) is 5.38. The fourth-order valence-electron chi connectivity index (χ4n) is 4.04. The van der Waals surface area contributed by atoms with E-state index >= 15 is 0 Å². The second-order valence-corrected chi connectivity index (χ2v) is 6.95. The van der Waals surface area contributed by atoms with Crippen molar-refractivity contribution >= 4 is 5.82 Å². The lowest BCUT2D eigenvalue weighted by Crippen LogP contribution is -2.53. The zero-order valence-electron chi connectivity index (χ0n) is 12.7. The van der Waals surface area contributed by atoms with Crippen molar-refractivity contribution in [2.24, 2.45) is 5.92 Å². The van der Waals surface area contributed by atoms with Crippen LogP contribution in [0, 0.1) is 5.92 Å². The number of hydrogen-bond donors (Lipinski definition) is 1. The molecule has 2 unspecified atom stereocenters. The largest absolute Gasteiger partial charge is 0.356 e. The highest BCUT2D eigenvalue weighted by atomic mass is 16.1. The molecule has 2 aliphatic heterocycles. The molecule has 2 atom stereocenters. The van der Waals surface area contributed by atoms with E-state index in [1.54, 1.807) is 6.07 Å². The van der Waals surface area contributed by atoms with Gasteiger partial charge in [0.25, 0.3) is 5.56 Å². The van der Waals surface area contributed by atoms with Crippen molar-refractivity contribution in [3.8, 4) is 0 Å². The van der Waals surface area contributed by atoms with Crippen LogP contribution in [0.25, 0.3) is 0 Å². The number of H-pyrrole nitrogens is 1. The Labute approximate surface area is 125 Å². The lowest BCUT2D eigenvalue weighted by molar-refractivity contribution is 0.102. The molecule has 2 saturated heterocycles. The van der Waals surface area contributed by atoms with Gasteiger partial charge >= 0.3 is 0 Å². The summed E-state index contributed by atoms with van der Waals surface area (Å²) in [5.74, 6) is 3.02. The first-order valence-electron chi connectivity index (χ1n) is 8.27. The van der Waals surface area contributed by atoms with Crippen molar-refractivity contribution < 1.29 is 0 Å². The van der Waals surface area contributed by atoms with Crippen LogP contribution in [0.15, 0.2) is 10.9 Å². The van der Waals surface area contributed by atoms with E-state index in [0.29, 0.717) is 5.92 Å². The van der Waals surface area contributed by atoms with Crippen molar-refractivity contribution in [3.05, 3.63) is 22.2 Å². The molecular weight excluding hydrogens is 264 g/mol. The lowest BCUT2D eigenvalue weighted by Gasteiger charge is -2.46. The van der Waals surface area contributed by atoms with Gasteiger partial charge in [0.05, 0.1) is 0 Å². The van der Waals surface area contributed by atoms with Gasteiger partial charge in [-0.3, -0.25) is 4.79 Å². The van der Waals surface area contributed by atoms with Crippen LogP contribution in [0.2, 0.25) is 0 Å². The van der Waals surface area contributed by atoms with Crippen LogP contribution < -0.4 is 10.5 Å². The van der Waals surface area contributed by atoms with E-state index in [1.807, 2.05) is 0 Å². The summed E-state index contributed by atoms with van der Waals surface area (Å²) in [5, 5.41) is 0. The standard InChI is InChI=1S/C16H24N4O/c1-19-7-2-3-12-10-20(8-6-13(12)19)14-9-15(21)18-16(17-14)11-4-5-11/h9,11-13H,2-8,10H2,1H3,(H,17,18,21). The van der Waals surface area contributed by atoms with Gasteiger partial charge in [0.2, 0.25) is 0 Å². The van der Waals surface area contributed by atoms with Gasteiger partial charge in [-0.25, -0.2) is 4.98 Å². The molecule has 114 valence electrons. The van der Waals surface area contributed by atoms with Gasteiger partial charge in [0, 0.05) is 31.1 Å². The molecule has 1 aliphatic carbocycles. The van der Waals surface area contributed by atoms with E-state index < -0.39 is 0 Å². The van der Waals surface area contributed by atoms with Crippen LogP contribution in [0.3, 0.4) is 0 Å². The quantitative estimate of drug-likeness (QED) is 0.897. The summed E-state index contributed by atoms with van der Waals surface area (Å²) in [6.07, 6.45) is 6.13. The molecule has 3 fully saturated rings. The molecule has 0 aromatic carbocycles. The first kappa shape index (κ1) is 13.3. The van der Waals surface area contributed by atoms with Crippen LogP contribution in [0.4, 0.5) is 5.82 Å². The molecule has 5 heteroatoms. The summed E-state index contributed by atoms with van der Waals surface area (Å²) in [5.41, 5.74) is 0.00443. The van der Waals surface area contributed by atoms with E-state index in [2.05, 4.69) is 21.8 Å². The Bertz CT molecular complexity index is 580. The molecule has 21 heavy (non-hydrogen) atoms. The molecule has 5 nitrogen and oxygen atoms in total. The van der Waals surface area contributed by atoms with E-state index in [0.717, 1.165) is 36.7 Å². The van der Waals surface area contributed by atoms with Gasteiger partial charge in [-0.1, -0.05) is 0 Å². The third kappa shape index (κ3) is 2.59. The van der Waals surface area contributed by atoms with Gasteiger partial charge in [-0.15, -0.1) is 0 Å². The number of hydrogen-bond acceptors (Lipinski definition) is 4. The number of nitrogens with one attached hydrogen (secondary N) is 1. The van der Waals surface area contributed by atoms with Crippen LogP contribution >= 0.6 is 0 Å². The second kappa shape index (κ2) is 5.13. The maximum absolute atomic E-state index is 11.9. The third-order valence-corrected chi connectivity index (χ3v) is 5.38. The highest BCUT2D eigenvalue weighted by Crippen LogP contribution is 2.38. The second-order valence-electron chi connectivity index (χ2n) is 6.95. The summed E-state index contributed by atoms with van der Waals surface area (Å²) in [4.78, 5) is 24.4. The highest BCUT2D eigenvalue weighted by Gasteiger charge is 2.35. The average Bonchev–Trinajstić information content (AvgIpc) is 3.31. The van der Waals surface area contributed by atoms with E-state index in [-0.39, 0.29) is 5.56 Å². The summed E-state index contributed by atoms with van der Waals surface area (Å²) in [7, 11) is 2.25. The maximum Gasteiger partial charge on any atom is 0.252 e. The van der Waals surface area contributed by atoms with Gasteiger partial charge in [0.1, 0.15) is 11.6 Å². The number of anilines is 1.